The first-order valence-corrected chi connectivity index (χ1v) is 8.80. The van der Waals surface area contributed by atoms with E-state index in [1.165, 1.54) is 4.31 Å². The van der Waals surface area contributed by atoms with Crippen molar-refractivity contribution in [1.82, 2.24) is 9.62 Å². The Balaban J connectivity index is 2.25. The highest BCUT2D eigenvalue weighted by atomic mass is 32.2. The van der Waals surface area contributed by atoms with E-state index in [9.17, 15) is 8.42 Å². The second kappa shape index (κ2) is 6.77. The van der Waals surface area contributed by atoms with Crippen molar-refractivity contribution >= 4 is 10.0 Å². The number of nitrogens with one attached hydrogen (secondary N) is 1. The van der Waals surface area contributed by atoms with Crippen LogP contribution in [0.4, 0.5) is 0 Å². The Hall–Kier alpha value is -1.11. The van der Waals surface area contributed by atoms with Crippen molar-refractivity contribution in [3.8, 4) is 5.75 Å². The molecule has 0 atom stereocenters. The lowest BCUT2D eigenvalue weighted by Gasteiger charge is -2.18. The summed E-state index contributed by atoms with van der Waals surface area (Å²) in [5.74, 6) is 0.714. The zero-order chi connectivity index (χ0) is 15.5. The summed E-state index contributed by atoms with van der Waals surface area (Å²) in [6.07, 6.45) is 2.94. The van der Waals surface area contributed by atoms with Crippen LogP contribution >= 0.6 is 0 Å². The number of benzene rings is 1. The van der Waals surface area contributed by atoms with E-state index < -0.39 is 10.0 Å². The van der Waals surface area contributed by atoms with Crippen LogP contribution < -0.4 is 10.1 Å². The smallest absolute Gasteiger partial charge is 0.243 e. The molecule has 5 nitrogen and oxygen atoms in total. The van der Waals surface area contributed by atoms with E-state index in [2.05, 4.69) is 12.2 Å². The molecular formula is C15H24N2O3S. The maximum atomic E-state index is 12.6. The molecule has 1 aromatic rings. The number of nitrogens with zero attached hydrogens (tertiary/aromatic N) is 1. The molecule has 1 saturated carbocycles. The maximum absolute atomic E-state index is 12.6. The number of methoxy groups -OCH3 is 1. The molecule has 0 heterocycles. The van der Waals surface area contributed by atoms with E-state index in [0.29, 0.717) is 17.2 Å². The van der Waals surface area contributed by atoms with Crippen LogP contribution in [0.2, 0.25) is 0 Å². The van der Waals surface area contributed by atoms with Crippen LogP contribution in [-0.4, -0.2) is 39.5 Å². The molecule has 0 spiro atoms. The van der Waals surface area contributed by atoms with Gasteiger partial charge in [-0.05, 0) is 44.0 Å². The van der Waals surface area contributed by atoms with Crippen molar-refractivity contribution in [2.45, 2.75) is 43.7 Å². The molecule has 0 unspecified atom stereocenters. The summed E-state index contributed by atoms with van der Waals surface area (Å²) < 4.78 is 31.9. The Kier molecular flexibility index (Phi) is 5.24. The fraction of sp³-hybridized carbons (Fsp3) is 0.600. The second-order valence-electron chi connectivity index (χ2n) is 5.40. The van der Waals surface area contributed by atoms with Gasteiger partial charge in [0.05, 0.1) is 12.0 Å². The van der Waals surface area contributed by atoms with Gasteiger partial charge in [0.2, 0.25) is 10.0 Å². The maximum Gasteiger partial charge on any atom is 0.243 e. The molecule has 0 amide bonds. The van der Waals surface area contributed by atoms with Gasteiger partial charge in [0.1, 0.15) is 5.75 Å². The standard InChI is InChI=1S/C15H24N2O3S/c1-4-9-16-11-12-10-14(7-8-15(12)20-3)21(18,19)17(2)13-5-6-13/h7-8,10,13,16H,4-6,9,11H2,1-3H3. The highest BCUT2D eigenvalue weighted by molar-refractivity contribution is 7.89. The van der Waals surface area contributed by atoms with E-state index in [-0.39, 0.29) is 6.04 Å². The van der Waals surface area contributed by atoms with Gasteiger partial charge in [-0.3, -0.25) is 0 Å². The van der Waals surface area contributed by atoms with Gasteiger partial charge in [-0.25, -0.2) is 8.42 Å². The van der Waals surface area contributed by atoms with E-state index in [1.807, 2.05) is 0 Å². The molecule has 1 aliphatic carbocycles. The van der Waals surface area contributed by atoms with Crippen LogP contribution in [0.15, 0.2) is 23.1 Å². The largest absolute Gasteiger partial charge is 0.496 e. The normalized spacial score (nSPS) is 15.4. The minimum Gasteiger partial charge on any atom is -0.496 e. The number of ether oxygens (including phenoxy) is 1. The van der Waals surface area contributed by atoms with Crippen molar-refractivity contribution in [2.24, 2.45) is 0 Å². The van der Waals surface area contributed by atoms with Crippen LogP contribution in [0.1, 0.15) is 31.7 Å². The first-order chi connectivity index (χ1) is 10.0. The average molecular weight is 312 g/mol. The molecule has 0 aliphatic heterocycles. The lowest BCUT2D eigenvalue weighted by atomic mass is 10.2. The van der Waals surface area contributed by atoms with E-state index in [4.69, 9.17) is 4.74 Å². The van der Waals surface area contributed by atoms with Crippen LogP contribution in [0.5, 0.6) is 5.75 Å². The lowest BCUT2D eigenvalue weighted by Crippen LogP contribution is -2.29. The third kappa shape index (κ3) is 3.75. The molecule has 6 heteroatoms. The van der Waals surface area contributed by atoms with E-state index in [0.717, 1.165) is 31.4 Å². The quantitative estimate of drug-likeness (QED) is 0.746. The Morgan fingerprint density at radius 3 is 2.67 bits per heavy atom. The van der Waals surface area contributed by atoms with Crippen molar-refractivity contribution in [1.29, 1.82) is 0 Å². The Labute approximate surface area is 127 Å². The van der Waals surface area contributed by atoms with E-state index >= 15 is 0 Å². The molecule has 21 heavy (non-hydrogen) atoms. The number of sulfonamides is 1. The first-order valence-electron chi connectivity index (χ1n) is 7.36. The van der Waals surface area contributed by atoms with Crippen LogP contribution in [-0.2, 0) is 16.6 Å². The first kappa shape index (κ1) is 16.3. The predicted octanol–water partition coefficient (Wildman–Crippen LogP) is 1.98. The van der Waals surface area contributed by atoms with Gasteiger partial charge in [-0.15, -0.1) is 0 Å². The minimum atomic E-state index is -3.40. The second-order valence-corrected chi connectivity index (χ2v) is 7.40. The Bertz CT molecular complexity index is 583. The molecule has 2 rings (SSSR count). The third-order valence-electron chi connectivity index (χ3n) is 3.73. The van der Waals surface area contributed by atoms with Gasteiger partial charge >= 0.3 is 0 Å². The summed E-state index contributed by atoms with van der Waals surface area (Å²) in [5, 5.41) is 3.28. The number of hydrogen-bond acceptors (Lipinski definition) is 4. The molecule has 0 aromatic heterocycles. The van der Waals surface area contributed by atoms with Gasteiger partial charge in [0, 0.05) is 25.2 Å². The summed E-state index contributed by atoms with van der Waals surface area (Å²) in [6, 6.07) is 5.24. The SMILES string of the molecule is CCCNCc1cc(S(=O)(=O)N(C)C2CC2)ccc1OC. The summed E-state index contributed by atoms with van der Waals surface area (Å²) in [6.45, 7) is 3.59. The predicted molar refractivity (Wildman–Crippen MR) is 83.0 cm³/mol. The Morgan fingerprint density at radius 2 is 2.10 bits per heavy atom. The topological polar surface area (TPSA) is 58.6 Å². The molecular weight excluding hydrogens is 288 g/mol. The van der Waals surface area contributed by atoms with Crippen LogP contribution in [0.25, 0.3) is 0 Å². The van der Waals surface area contributed by atoms with Gasteiger partial charge < -0.3 is 10.1 Å². The summed E-state index contributed by atoms with van der Waals surface area (Å²) in [5.41, 5.74) is 0.872. The zero-order valence-corrected chi connectivity index (χ0v) is 13.7. The van der Waals surface area contributed by atoms with Crippen molar-refractivity contribution in [3.05, 3.63) is 23.8 Å². The molecule has 0 radical (unpaired) electrons. The number of hydrogen-bond donors (Lipinski definition) is 1. The van der Waals surface area contributed by atoms with E-state index in [1.54, 1.807) is 32.4 Å². The molecule has 1 fully saturated rings. The molecule has 1 aromatic carbocycles. The van der Waals surface area contributed by atoms with Crippen molar-refractivity contribution in [2.75, 3.05) is 20.7 Å². The van der Waals surface area contributed by atoms with Crippen molar-refractivity contribution < 1.29 is 13.2 Å². The summed E-state index contributed by atoms with van der Waals surface area (Å²) in [7, 11) is -0.145. The summed E-state index contributed by atoms with van der Waals surface area (Å²) >= 11 is 0. The highest BCUT2D eigenvalue weighted by Crippen LogP contribution is 2.31. The van der Waals surface area contributed by atoms with Crippen molar-refractivity contribution in [3.63, 3.8) is 0 Å². The fourth-order valence-corrected chi connectivity index (χ4v) is 3.72. The van der Waals surface area contributed by atoms with Crippen LogP contribution in [0.3, 0.4) is 0 Å². The molecule has 0 bridgehead atoms. The van der Waals surface area contributed by atoms with Gasteiger partial charge in [-0.1, -0.05) is 6.92 Å². The van der Waals surface area contributed by atoms with Gasteiger partial charge in [0.15, 0.2) is 0 Å². The summed E-state index contributed by atoms with van der Waals surface area (Å²) in [4.78, 5) is 0.339. The third-order valence-corrected chi connectivity index (χ3v) is 5.64. The molecule has 118 valence electrons. The fourth-order valence-electron chi connectivity index (χ4n) is 2.25. The molecule has 1 aliphatic rings. The van der Waals surface area contributed by atoms with Gasteiger partial charge in [0.25, 0.3) is 0 Å². The average Bonchev–Trinajstić information content (AvgIpc) is 3.31. The molecule has 1 N–H and O–H groups in total. The zero-order valence-electron chi connectivity index (χ0n) is 12.9. The monoisotopic (exact) mass is 312 g/mol. The Morgan fingerprint density at radius 1 is 1.38 bits per heavy atom. The molecule has 0 saturated heterocycles. The minimum absolute atomic E-state index is 0.166. The highest BCUT2D eigenvalue weighted by Gasteiger charge is 2.35. The van der Waals surface area contributed by atoms with Crippen LogP contribution in [0, 0.1) is 0 Å². The lowest BCUT2D eigenvalue weighted by molar-refractivity contribution is 0.407. The van der Waals surface area contributed by atoms with Gasteiger partial charge in [-0.2, -0.15) is 4.31 Å². The number of rotatable bonds is 8.